The fourth-order valence-electron chi connectivity index (χ4n) is 1.85. The van der Waals surface area contributed by atoms with Crippen LogP contribution in [0.25, 0.3) is 0 Å². The van der Waals surface area contributed by atoms with E-state index in [-0.39, 0.29) is 25.8 Å². The summed E-state index contributed by atoms with van der Waals surface area (Å²) < 4.78 is 20.7. The van der Waals surface area contributed by atoms with Crippen LogP contribution < -0.4 is 0 Å². The third kappa shape index (κ3) is 11.4. The van der Waals surface area contributed by atoms with Gasteiger partial charge in [0.05, 0.1) is 18.3 Å². The lowest BCUT2D eigenvalue weighted by Gasteiger charge is -2.22. The molecule has 1 N–H and O–H groups in total. The molecular formula is C15H30O5. The zero-order chi connectivity index (χ0) is 15.2. The zero-order valence-corrected chi connectivity index (χ0v) is 13.2. The van der Waals surface area contributed by atoms with Crippen LogP contribution in [0.2, 0.25) is 0 Å². The summed E-state index contributed by atoms with van der Waals surface area (Å²) in [6.07, 6.45) is 6.55. The van der Waals surface area contributed by atoms with Crippen LogP contribution in [0, 0.1) is 0 Å². The second-order valence-electron chi connectivity index (χ2n) is 4.82. The van der Waals surface area contributed by atoms with E-state index in [0.29, 0.717) is 12.8 Å². The monoisotopic (exact) mass is 290 g/mol. The summed E-state index contributed by atoms with van der Waals surface area (Å²) in [6.45, 7) is 4.50. The van der Waals surface area contributed by atoms with Crippen LogP contribution in [0.5, 0.6) is 0 Å². The van der Waals surface area contributed by atoms with Gasteiger partial charge >= 0.3 is 0 Å². The van der Waals surface area contributed by atoms with Crippen LogP contribution >= 0.6 is 0 Å². The van der Waals surface area contributed by atoms with Crippen LogP contribution in [-0.4, -0.2) is 51.2 Å². The lowest BCUT2D eigenvalue weighted by Crippen LogP contribution is -2.25. The summed E-state index contributed by atoms with van der Waals surface area (Å²) in [7, 11) is 3.17. The maximum Gasteiger partial charge on any atom is 0.146 e. The molecule has 120 valence electrons. The fourth-order valence-corrected chi connectivity index (χ4v) is 1.85. The number of methoxy groups -OCH3 is 2. The minimum atomic E-state index is -0.460. The number of rotatable bonds is 13. The Balaban J connectivity index is 4.08. The largest absolute Gasteiger partial charge is 0.393 e. The highest BCUT2D eigenvalue weighted by molar-refractivity contribution is 4.84. The fraction of sp³-hybridized carbons (Fsp3) is 0.867. The van der Waals surface area contributed by atoms with E-state index in [1.807, 2.05) is 6.92 Å². The third-order valence-corrected chi connectivity index (χ3v) is 2.83. The highest BCUT2D eigenvalue weighted by Crippen LogP contribution is 2.14. The van der Waals surface area contributed by atoms with Gasteiger partial charge in [0.15, 0.2) is 0 Å². The minimum Gasteiger partial charge on any atom is -0.393 e. The van der Waals surface area contributed by atoms with Crippen molar-refractivity contribution in [1.29, 1.82) is 0 Å². The van der Waals surface area contributed by atoms with Gasteiger partial charge in [-0.2, -0.15) is 0 Å². The van der Waals surface area contributed by atoms with Crippen molar-refractivity contribution in [3.8, 4) is 0 Å². The number of hydrogen-bond donors (Lipinski definition) is 1. The van der Waals surface area contributed by atoms with Crippen molar-refractivity contribution in [2.24, 2.45) is 0 Å². The van der Waals surface area contributed by atoms with Crippen molar-refractivity contribution in [2.75, 3.05) is 27.8 Å². The number of aliphatic hydroxyl groups is 1. The molecule has 0 rings (SSSR count). The molecule has 5 heteroatoms. The Labute approximate surface area is 122 Å². The van der Waals surface area contributed by atoms with E-state index >= 15 is 0 Å². The van der Waals surface area contributed by atoms with Crippen LogP contribution in [0.4, 0.5) is 0 Å². The Morgan fingerprint density at radius 2 is 1.65 bits per heavy atom. The minimum absolute atomic E-state index is 0.0395. The van der Waals surface area contributed by atoms with E-state index in [0.717, 1.165) is 12.8 Å². The Kier molecular flexibility index (Phi) is 13.2. The van der Waals surface area contributed by atoms with Gasteiger partial charge in [-0.3, -0.25) is 0 Å². The molecule has 0 bridgehead atoms. The van der Waals surface area contributed by atoms with E-state index in [4.69, 9.17) is 18.9 Å². The maximum atomic E-state index is 10.1. The molecule has 0 aromatic heterocycles. The van der Waals surface area contributed by atoms with Gasteiger partial charge in [0.25, 0.3) is 0 Å². The van der Waals surface area contributed by atoms with Gasteiger partial charge < -0.3 is 24.1 Å². The van der Waals surface area contributed by atoms with Gasteiger partial charge in [-0.1, -0.05) is 19.1 Å². The number of aliphatic hydroxyl groups excluding tert-OH is 1. The number of ether oxygens (including phenoxy) is 4. The van der Waals surface area contributed by atoms with Crippen molar-refractivity contribution >= 4 is 0 Å². The average Bonchev–Trinajstić information content (AvgIpc) is 2.42. The second kappa shape index (κ2) is 13.5. The Hall–Kier alpha value is -0.460. The maximum absolute atomic E-state index is 10.1. The first kappa shape index (κ1) is 19.5. The first-order valence-corrected chi connectivity index (χ1v) is 7.18. The number of hydrogen-bond acceptors (Lipinski definition) is 5. The van der Waals surface area contributed by atoms with Gasteiger partial charge in [-0.25, -0.2) is 0 Å². The van der Waals surface area contributed by atoms with Crippen LogP contribution in [0.15, 0.2) is 12.2 Å². The lowest BCUT2D eigenvalue weighted by atomic mass is 10.0. The van der Waals surface area contributed by atoms with Gasteiger partial charge in [0.2, 0.25) is 0 Å². The molecule has 0 aliphatic rings. The molecule has 0 amide bonds. The van der Waals surface area contributed by atoms with E-state index in [1.165, 1.54) is 0 Å². The normalized spacial score (nSPS) is 16.4. The standard InChI is InChI=1S/C15H30O5/c1-5-6-7-8-15(20-12-18-4)10-14(16)9-13(2)19-11-17-3/h6-7,13-16H,5,8-12H2,1-4H3/b7-6+/t13-,14+,15-/m0/s1. The molecule has 20 heavy (non-hydrogen) atoms. The SMILES string of the molecule is CC/C=C/C[C@@H](C[C@H](O)C[C@H](C)OCOC)OCOC. The van der Waals surface area contributed by atoms with Crippen LogP contribution in [0.3, 0.4) is 0 Å². The molecule has 0 fully saturated rings. The number of allylic oxidation sites excluding steroid dienone is 1. The summed E-state index contributed by atoms with van der Waals surface area (Å²) >= 11 is 0. The van der Waals surface area contributed by atoms with Crippen molar-refractivity contribution in [2.45, 2.75) is 57.8 Å². The van der Waals surface area contributed by atoms with E-state index < -0.39 is 6.10 Å². The van der Waals surface area contributed by atoms with Gasteiger partial charge in [-0.05, 0) is 32.6 Å². The summed E-state index contributed by atoms with van der Waals surface area (Å²) in [5.74, 6) is 0. The second-order valence-corrected chi connectivity index (χ2v) is 4.82. The highest BCUT2D eigenvalue weighted by Gasteiger charge is 2.17. The first-order valence-electron chi connectivity index (χ1n) is 7.18. The lowest BCUT2D eigenvalue weighted by molar-refractivity contribution is -0.0970. The first-order chi connectivity index (χ1) is 9.63. The van der Waals surface area contributed by atoms with Gasteiger partial charge in [-0.15, -0.1) is 0 Å². The molecule has 0 saturated carbocycles. The smallest absolute Gasteiger partial charge is 0.146 e. The molecule has 0 heterocycles. The van der Waals surface area contributed by atoms with E-state index in [1.54, 1.807) is 14.2 Å². The van der Waals surface area contributed by atoms with Gasteiger partial charge in [0, 0.05) is 14.2 Å². The van der Waals surface area contributed by atoms with E-state index in [2.05, 4.69) is 19.1 Å². The summed E-state index contributed by atoms with van der Waals surface area (Å²) in [6, 6.07) is 0. The molecule has 3 atom stereocenters. The molecule has 0 saturated heterocycles. The molecule has 0 aliphatic heterocycles. The molecular weight excluding hydrogens is 260 g/mol. The molecule has 0 spiro atoms. The van der Waals surface area contributed by atoms with Crippen molar-refractivity contribution < 1.29 is 24.1 Å². The quantitative estimate of drug-likeness (QED) is 0.417. The molecule has 0 aliphatic carbocycles. The molecule has 5 nitrogen and oxygen atoms in total. The Bertz CT molecular complexity index is 232. The average molecular weight is 290 g/mol. The van der Waals surface area contributed by atoms with Crippen molar-refractivity contribution in [3.05, 3.63) is 12.2 Å². The zero-order valence-electron chi connectivity index (χ0n) is 13.2. The molecule has 0 unspecified atom stereocenters. The topological polar surface area (TPSA) is 57.2 Å². The third-order valence-electron chi connectivity index (χ3n) is 2.83. The predicted molar refractivity (Wildman–Crippen MR) is 78.5 cm³/mol. The van der Waals surface area contributed by atoms with Gasteiger partial charge in [0.1, 0.15) is 13.6 Å². The summed E-state index contributed by atoms with van der Waals surface area (Å²) in [5.41, 5.74) is 0. The van der Waals surface area contributed by atoms with Crippen LogP contribution in [-0.2, 0) is 18.9 Å². The molecule has 0 aromatic carbocycles. The van der Waals surface area contributed by atoms with Crippen molar-refractivity contribution in [1.82, 2.24) is 0 Å². The highest BCUT2D eigenvalue weighted by atomic mass is 16.7. The summed E-state index contributed by atoms with van der Waals surface area (Å²) in [4.78, 5) is 0. The molecule has 0 aromatic rings. The van der Waals surface area contributed by atoms with Crippen molar-refractivity contribution in [3.63, 3.8) is 0 Å². The molecule has 0 radical (unpaired) electrons. The van der Waals surface area contributed by atoms with Crippen LogP contribution in [0.1, 0.15) is 39.5 Å². The Morgan fingerprint density at radius 1 is 1.00 bits per heavy atom. The van der Waals surface area contributed by atoms with E-state index in [9.17, 15) is 5.11 Å². The Morgan fingerprint density at radius 3 is 2.25 bits per heavy atom. The summed E-state index contributed by atoms with van der Waals surface area (Å²) in [5, 5.41) is 10.1. The predicted octanol–water partition coefficient (Wildman–Crippen LogP) is 2.48.